The fraction of sp³-hybridized carbons (Fsp3) is 0.222. The van der Waals surface area contributed by atoms with E-state index in [1.165, 1.54) is 0 Å². The van der Waals surface area contributed by atoms with E-state index in [0.29, 0.717) is 17.1 Å². The lowest BCUT2D eigenvalue weighted by molar-refractivity contribution is -0.136. The Labute approximate surface area is 128 Å². The molecule has 1 aromatic carbocycles. The number of benzene rings is 1. The monoisotopic (exact) mass is 296 g/mol. The highest BCUT2D eigenvalue weighted by Crippen LogP contribution is 2.40. The van der Waals surface area contributed by atoms with Crippen LogP contribution in [0.1, 0.15) is 31.7 Å². The fourth-order valence-corrected chi connectivity index (χ4v) is 2.90. The molecule has 0 bridgehead atoms. The number of carboxylic acids is 1. The van der Waals surface area contributed by atoms with Crippen LogP contribution < -0.4 is 0 Å². The zero-order chi connectivity index (χ0) is 15.7. The first-order valence-corrected chi connectivity index (χ1v) is 7.15. The lowest BCUT2D eigenvalue weighted by atomic mass is 9.84. The molecule has 1 aliphatic heterocycles. The van der Waals surface area contributed by atoms with E-state index < -0.39 is 5.97 Å². The number of hydrogen-bond acceptors (Lipinski definition) is 3. The molecule has 0 unspecified atom stereocenters. The van der Waals surface area contributed by atoms with Gasteiger partial charge in [-0.2, -0.15) is 0 Å². The van der Waals surface area contributed by atoms with Gasteiger partial charge in [0, 0.05) is 18.4 Å². The molecule has 0 saturated heterocycles. The summed E-state index contributed by atoms with van der Waals surface area (Å²) in [6.07, 6.45) is 2.18. The van der Waals surface area contributed by atoms with Crippen molar-refractivity contribution in [1.82, 2.24) is 0 Å². The first kappa shape index (κ1) is 14.3. The van der Waals surface area contributed by atoms with Gasteiger partial charge in [-0.25, -0.2) is 0 Å². The minimum atomic E-state index is -0.950. The summed E-state index contributed by atoms with van der Waals surface area (Å²) in [7, 11) is 0. The maximum absolute atomic E-state index is 12.0. The highest BCUT2D eigenvalue weighted by Gasteiger charge is 2.30. The van der Waals surface area contributed by atoms with Gasteiger partial charge in [-0.1, -0.05) is 30.3 Å². The summed E-state index contributed by atoms with van der Waals surface area (Å²) in [6.45, 7) is 1.83. The summed E-state index contributed by atoms with van der Waals surface area (Å²) in [5, 5.41) is 9.06. The molecule has 2 aliphatic rings. The van der Waals surface area contributed by atoms with E-state index in [4.69, 9.17) is 9.84 Å². The molecule has 0 atom stereocenters. The van der Waals surface area contributed by atoms with Gasteiger partial charge < -0.3 is 9.84 Å². The van der Waals surface area contributed by atoms with Gasteiger partial charge in [-0.15, -0.1) is 0 Å². The first-order chi connectivity index (χ1) is 10.5. The number of Topliss-reactive ketones (excluding diaryl/α,β-unsaturated/α-hetero) is 1. The molecule has 1 N–H and O–H groups in total. The standard InChI is InChI=1S/C18H16O4/c1-11-7-15(12-5-3-2-4-6-12)16-10-14(19)8-13(9-17(20)21)18(16)22-11/h2-7H,8-10H2,1H3,(H,20,21). The van der Waals surface area contributed by atoms with Gasteiger partial charge in [-0.3, -0.25) is 9.59 Å². The summed E-state index contributed by atoms with van der Waals surface area (Å²) in [4.78, 5) is 23.1. The number of carbonyl (C=O) groups excluding carboxylic acids is 1. The molecule has 3 rings (SSSR count). The zero-order valence-corrected chi connectivity index (χ0v) is 12.3. The number of allylic oxidation sites excluding steroid dienone is 4. The SMILES string of the molecule is CC1=CC(c2ccccc2)=C2CC(=O)CC(CC(=O)O)=C2O1. The summed E-state index contributed by atoms with van der Waals surface area (Å²) in [5.41, 5.74) is 3.29. The molecular weight excluding hydrogens is 280 g/mol. The molecular formula is C18H16O4. The van der Waals surface area contributed by atoms with Crippen molar-refractivity contribution in [2.45, 2.75) is 26.2 Å². The van der Waals surface area contributed by atoms with Gasteiger partial charge in [0.05, 0.1) is 6.42 Å². The molecule has 0 saturated carbocycles. The van der Waals surface area contributed by atoms with E-state index in [1.54, 1.807) is 0 Å². The van der Waals surface area contributed by atoms with E-state index >= 15 is 0 Å². The Morgan fingerprint density at radius 2 is 1.95 bits per heavy atom. The average Bonchev–Trinajstić information content (AvgIpc) is 2.47. The molecule has 4 heteroatoms. The quantitative estimate of drug-likeness (QED) is 0.927. The summed E-state index contributed by atoms with van der Waals surface area (Å²) >= 11 is 0. The number of carbonyl (C=O) groups is 2. The number of hydrogen-bond donors (Lipinski definition) is 1. The minimum Gasteiger partial charge on any atom is -0.481 e. The second kappa shape index (κ2) is 5.64. The third-order valence-electron chi connectivity index (χ3n) is 3.76. The fourth-order valence-electron chi connectivity index (χ4n) is 2.90. The van der Waals surface area contributed by atoms with Crippen LogP contribution in [0, 0.1) is 0 Å². The third kappa shape index (κ3) is 2.72. The number of ketones is 1. The normalized spacial score (nSPS) is 17.9. The Kier molecular flexibility index (Phi) is 3.67. The molecule has 1 aromatic rings. The smallest absolute Gasteiger partial charge is 0.307 e. The Morgan fingerprint density at radius 3 is 2.64 bits per heavy atom. The number of fused-ring (bicyclic) bond motifs is 1. The van der Waals surface area contributed by atoms with E-state index in [0.717, 1.165) is 16.7 Å². The molecule has 0 aromatic heterocycles. The van der Waals surface area contributed by atoms with Gasteiger partial charge in [0.25, 0.3) is 0 Å². The number of ether oxygens (including phenoxy) is 1. The number of aliphatic carboxylic acids is 1. The zero-order valence-electron chi connectivity index (χ0n) is 12.3. The Balaban J connectivity index is 2.18. The van der Waals surface area contributed by atoms with Crippen molar-refractivity contribution in [2.24, 2.45) is 0 Å². The van der Waals surface area contributed by atoms with E-state index in [1.807, 2.05) is 43.3 Å². The topological polar surface area (TPSA) is 63.6 Å². The highest BCUT2D eigenvalue weighted by atomic mass is 16.5. The molecule has 4 nitrogen and oxygen atoms in total. The first-order valence-electron chi connectivity index (χ1n) is 7.15. The molecule has 0 amide bonds. The van der Waals surface area contributed by atoms with Crippen LogP contribution in [0.3, 0.4) is 0 Å². The van der Waals surface area contributed by atoms with Crippen LogP contribution in [0.2, 0.25) is 0 Å². The van der Waals surface area contributed by atoms with Gasteiger partial charge in [0.1, 0.15) is 17.3 Å². The van der Waals surface area contributed by atoms with Crippen LogP contribution in [0.5, 0.6) is 0 Å². The van der Waals surface area contributed by atoms with E-state index in [2.05, 4.69) is 0 Å². The number of rotatable bonds is 3. The molecule has 1 aliphatic carbocycles. The lowest BCUT2D eigenvalue weighted by Crippen LogP contribution is -2.19. The van der Waals surface area contributed by atoms with Gasteiger partial charge in [0.15, 0.2) is 0 Å². The van der Waals surface area contributed by atoms with Crippen molar-refractivity contribution >= 4 is 17.3 Å². The average molecular weight is 296 g/mol. The second-order valence-corrected chi connectivity index (χ2v) is 5.51. The predicted octanol–water partition coefficient (Wildman–Crippen LogP) is 3.47. The second-order valence-electron chi connectivity index (χ2n) is 5.51. The minimum absolute atomic E-state index is 0.0278. The van der Waals surface area contributed by atoms with Crippen molar-refractivity contribution in [3.8, 4) is 0 Å². The Bertz CT molecular complexity index is 736. The molecule has 0 spiro atoms. The van der Waals surface area contributed by atoms with Crippen molar-refractivity contribution in [1.29, 1.82) is 0 Å². The number of carboxylic acid groups (broad SMARTS) is 1. The summed E-state index contributed by atoms with van der Waals surface area (Å²) in [6, 6.07) is 9.76. The van der Waals surface area contributed by atoms with Crippen LogP contribution in [0.15, 0.2) is 59.1 Å². The molecule has 112 valence electrons. The highest BCUT2D eigenvalue weighted by molar-refractivity contribution is 5.93. The van der Waals surface area contributed by atoms with Crippen LogP contribution in [0.25, 0.3) is 5.57 Å². The van der Waals surface area contributed by atoms with Gasteiger partial charge in [-0.05, 0) is 29.7 Å². The van der Waals surface area contributed by atoms with Gasteiger partial charge in [0.2, 0.25) is 0 Å². The van der Waals surface area contributed by atoms with Crippen molar-refractivity contribution in [3.05, 3.63) is 64.6 Å². The van der Waals surface area contributed by atoms with Crippen LogP contribution >= 0.6 is 0 Å². The van der Waals surface area contributed by atoms with Crippen LogP contribution in [0.4, 0.5) is 0 Å². The van der Waals surface area contributed by atoms with Crippen molar-refractivity contribution in [3.63, 3.8) is 0 Å². The third-order valence-corrected chi connectivity index (χ3v) is 3.76. The largest absolute Gasteiger partial charge is 0.481 e. The maximum atomic E-state index is 12.0. The molecule has 0 fully saturated rings. The lowest BCUT2D eigenvalue weighted by Gasteiger charge is -2.28. The summed E-state index contributed by atoms with van der Waals surface area (Å²) in [5.74, 6) is 0.351. The van der Waals surface area contributed by atoms with Gasteiger partial charge >= 0.3 is 5.97 Å². The Hall–Kier alpha value is -2.62. The Morgan fingerprint density at radius 1 is 1.23 bits per heavy atom. The van der Waals surface area contributed by atoms with Crippen molar-refractivity contribution in [2.75, 3.05) is 0 Å². The predicted molar refractivity (Wildman–Crippen MR) is 81.7 cm³/mol. The van der Waals surface area contributed by atoms with Crippen molar-refractivity contribution < 1.29 is 19.4 Å². The van der Waals surface area contributed by atoms with E-state index in [-0.39, 0.29) is 25.0 Å². The summed E-state index contributed by atoms with van der Waals surface area (Å²) < 4.78 is 5.77. The molecule has 1 heterocycles. The molecule has 0 radical (unpaired) electrons. The van der Waals surface area contributed by atoms with Crippen LogP contribution in [-0.2, 0) is 14.3 Å². The van der Waals surface area contributed by atoms with E-state index in [9.17, 15) is 9.59 Å². The maximum Gasteiger partial charge on any atom is 0.307 e. The molecule has 22 heavy (non-hydrogen) atoms. The van der Waals surface area contributed by atoms with Crippen LogP contribution in [-0.4, -0.2) is 16.9 Å².